The van der Waals surface area contributed by atoms with Crippen molar-refractivity contribution in [3.63, 3.8) is 0 Å². The van der Waals surface area contributed by atoms with Gasteiger partial charge in [-0.2, -0.15) is 0 Å². The van der Waals surface area contributed by atoms with E-state index in [9.17, 15) is 4.79 Å². The summed E-state index contributed by atoms with van der Waals surface area (Å²) >= 11 is 0. The number of fused-ring (bicyclic) bond motifs is 2. The molecule has 2 aliphatic rings. The van der Waals surface area contributed by atoms with Gasteiger partial charge in [0.2, 0.25) is 5.75 Å². The summed E-state index contributed by atoms with van der Waals surface area (Å²) in [6.45, 7) is 0. The van der Waals surface area contributed by atoms with E-state index in [2.05, 4.69) is 0 Å². The highest BCUT2D eigenvalue weighted by atomic mass is 16.5. The van der Waals surface area contributed by atoms with Crippen molar-refractivity contribution in [1.82, 2.24) is 0 Å². The summed E-state index contributed by atoms with van der Waals surface area (Å²) < 4.78 is 21.8. The summed E-state index contributed by atoms with van der Waals surface area (Å²) in [7, 11) is 4.76. The second kappa shape index (κ2) is 5.41. The van der Waals surface area contributed by atoms with Gasteiger partial charge in [-0.1, -0.05) is 6.08 Å². The van der Waals surface area contributed by atoms with Crippen LogP contribution in [-0.4, -0.2) is 39.3 Å². The Morgan fingerprint density at radius 1 is 1.05 bits per heavy atom. The normalized spacial score (nSPS) is 23.8. The predicted octanol–water partition coefficient (Wildman–Crippen LogP) is 2.23. The van der Waals surface area contributed by atoms with Gasteiger partial charge in [0.15, 0.2) is 17.3 Å². The third kappa shape index (κ3) is 2.27. The summed E-state index contributed by atoms with van der Waals surface area (Å²) in [5, 5.41) is 0. The third-order valence-electron chi connectivity index (χ3n) is 3.94. The largest absolute Gasteiger partial charge is 0.493 e. The highest BCUT2D eigenvalue weighted by Crippen LogP contribution is 2.45. The second-order valence-electron chi connectivity index (χ2n) is 5.11. The van der Waals surface area contributed by atoms with Crippen LogP contribution < -0.4 is 14.2 Å². The van der Waals surface area contributed by atoms with Crippen molar-refractivity contribution < 1.29 is 23.7 Å². The van der Waals surface area contributed by atoms with Crippen LogP contribution in [0.4, 0.5) is 0 Å². The zero-order chi connectivity index (χ0) is 15.0. The van der Waals surface area contributed by atoms with Gasteiger partial charge in [0.1, 0.15) is 6.10 Å². The van der Waals surface area contributed by atoms with Crippen LogP contribution in [0.2, 0.25) is 0 Å². The molecule has 3 rings (SSSR count). The molecule has 2 bridgehead atoms. The zero-order valence-electron chi connectivity index (χ0n) is 12.3. The van der Waals surface area contributed by atoms with Gasteiger partial charge >= 0.3 is 0 Å². The van der Waals surface area contributed by atoms with Crippen LogP contribution in [0.15, 0.2) is 18.2 Å². The Morgan fingerprint density at radius 3 is 2.43 bits per heavy atom. The van der Waals surface area contributed by atoms with E-state index in [1.807, 2.05) is 18.2 Å². The van der Waals surface area contributed by atoms with E-state index in [1.165, 1.54) is 0 Å². The minimum Gasteiger partial charge on any atom is -0.493 e. The molecule has 2 unspecified atom stereocenters. The number of benzene rings is 1. The smallest absolute Gasteiger partial charge is 0.203 e. The van der Waals surface area contributed by atoms with Crippen LogP contribution in [0, 0.1) is 0 Å². The van der Waals surface area contributed by atoms with E-state index >= 15 is 0 Å². The Labute approximate surface area is 123 Å². The Kier molecular flexibility index (Phi) is 3.59. The minimum absolute atomic E-state index is 0.121. The maximum atomic E-state index is 11.8. The summed E-state index contributed by atoms with van der Waals surface area (Å²) in [6.07, 6.45) is 2.59. The number of hydrogen-bond donors (Lipinski definition) is 0. The molecule has 5 nitrogen and oxygen atoms in total. The van der Waals surface area contributed by atoms with Crippen molar-refractivity contribution in [3.05, 3.63) is 23.8 Å². The number of rotatable bonds is 4. The number of ketones is 1. The molecule has 0 radical (unpaired) electrons. The van der Waals surface area contributed by atoms with Crippen LogP contribution in [0.25, 0.3) is 5.57 Å². The van der Waals surface area contributed by atoms with Crippen molar-refractivity contribution >= 4 is 11.4 Å². The summed E-state index contributed by atoms with van der Waals surface area (Å²) in [4.78, 5) is 11.8. The van der Waals surface area contributed by atoms with Crippen molar-refractivity contribution in [3.8, 4) is 17.2 Å². The lowest BCUT2D eigenvalue weighted by Gasteiger charge is -2.22. The SMILES string of the molecule is COc1ccc(C2=CC3CC(=O)C(C2)O3)c(OC)c1OC. The molecule has 0 aliphatic carbocycles. The molecule has 0 saturated carbocycles. The Hall–Kier alpha value is -2.01. The molecule has 21 heavy (non-hydrogen) atoms. The minimum atomic E-state index is -0.326. The summed E-state index contributed by atoms with van der Waals surface area (Å²) in [5.74, 6) is 1.97. The van der Waals surface area contributed by atoms with Gasteiger partial charge in [0.05, 0.1) is 27.4 Å². The van der Waals surface area contributed by atoms with Crippen LogP contribution >= 0.6 is 0 Å². The Bertz CT molecular complexity index is 605. The van der Waals surface area contributed by atoms with E-state index < -0.39 is 0 Å². The third-order valence-corrected chi connectivity index (χ3v) is 3.94. The molecular weight excluding hydrogens is 272 g/mol. The number of hydrogen-bond acceptors (Lipinski definition) is 5. The fourth-order valence-electron chi connectivity index (χ4n) is 2.97. The van der Waals surface area contributed by atoms with Crippen molar-refractivity contribution in [1.29, 1.82) is 0 Å². The van der Waals surface area contributed by atoms with Gasteiger partial charge in [-0.3, -0.25) is 4.79 Å². The van der Waals surface area contributed by atoms with E-state index in [1.54, 1.807) is 21.3 Å². The lowest BCUT2D eigenvalue weighted by molar-refractivity contribution is -0.122. The van der Waals surface area contributed by atoms with E-state index in [0.717, 1.165) is 11.1 Å². The van der Waals surface area contributed by atoms with E-state index in [-0.39, 0.29) is 18.0 Å². The number of Topliss-reactive ketones (excluding diaryl/α,β-unsaturated/α-hetero) is 1. The first-order valence-electron chi connectivity index (χ1n) is 6.86. The first-order valence-corrected chi connectivity index (χ1v) is 6.86. The quantitative estimate of drug-likeness (QED) is 0.851. The molecule has 2 heterocycles. The molecule has 0 N–H and O–H groups in total. The maximum absolute atomic E-state index is 11.8. The molecule has 0 spiro atoms. The molecule has 2 aliphatic heterocycles. The van der Waals surface area contributed by atoms with Crippen LogP contribution in [-0.2, 0) is 9.53 Å². The van der Waals surface area contributed by atoms with Crippen LogP contribution in [0.3, 0.4) is 0 Å². The van der Waals surface area contributed by atoms with Gasteiger partial charge < -0.3 is 18.9 Å². The van der Waals surface area contributed by atoms with Crippen LogP contribution in [0.5, 0.6) is 17.2 Å². The van der Waals surface area contributed by atoms with Crippen molar-refractivity contribution in [2.75, 3.05) is 21.3 Å². The fraction of sp³-hybridized carbons (Fsp3) is 0.438. The lowest BCUT2D eigenvalue weighted by Crippen LogP contribution is -2.19. The van der Waals surface area contributed by atoms with Crippen molar-refractivity contribution in [2.45, 2.75) is 25.0 Å². The second-order valence-corrected chi connectivity index (χ2v) is 5.11. The number of carbonyl (C=O) groups is 1. The van der Waals surface area contributed by atoms with Gasteiger partial charge in [-0.15, -0.1) is 0 Å². The molecule has 2 atom stereocenters. The highest BCUT2D eigenvalue weighted by molar-refractivity contribution is 5.90. The molecule has 0 aromatic heterocycles. The average Bonchev–Trinajstić information content (AvgIpc) is 2.77. The molecule has 0 amide bonds. The molecule has 1 fully saturated rings. The van der Waals surface area contributed by atoms with Crippen molar-refractivity contribution in [2.24, 2.45) is 0 Å². The van der Waals surface area contributed by atoms with Gasteiger partial charge in [0, 0.05) is 18.4 Å². The first kappa shape index (κ1) is 13.9. The topological polar surface area (TPSA) is 54.0 Å². The predicted molar refractivity (Wildman–Crippen MR) is 77.0 cm³/mol. The van der Waals surface area contributed by atoms with Gasteiger partial charge in [-0.05, 0) is 17.7 Å². The zero-order valence-corrected chi connectivity index (χ0v) is 12.3. The Balaban J connectivity index is 2.05. The van der Waals surface area contributed by atoms with E-state index in [0.29, 0.717) is 30.1 Å². The molecule has 1 saturated heterocycles. The number of ether oxygens (including phenoxy) is 4. The molecule has 1 aromatic rings. The molecule has 5 heteroatoms. The standard InChI is InChI=1S/C16H18O5/c1-18-13-5-4-11(15(19-2)16(13)20-3)9-6-10-8-12(17)14(7-9)21-10/h4-6,10,14H,7-8H2,1-3H3. The number of carbonyl (C=O) groups excluding carboxylic acids is 1. The molecule has 1 aromatic carbocycles. The lowest BCUT2D eigenvalue weighted by atomic mass is 9.96. The summed E-state index contributed by atoms with van der Waals surface area (Å²) in [5.41, 5.74) is 1.98. The number of methoxy groups -OCH3 is 3. The molecule has 112 valence electrons. The first-order chi connectivity index (χ1) is 10.2. The van der Waals surface area contributed by atoms with E-state index in [4.69, 9.17) is 18.9 Å². The van der Waals surface area contributed by atoms with Gasteiger partial charge in [-0.25, -0.2) is 0 Å². The average molecular weight is 290 g/mol. The fourth-order valence-corrected chi connectivity index (χ4v) is 2.97. The Morgan fingerprint density at radius 2 is 1.81 bits per heavy atom. The maximum Gasteiger partial charge on any atom is 0.203 e. The molecular formula is C16H18O5. The highest BCUT2D eigenvalue weighted by Gasteiger charge is 2.37. The van der Waals surface area contributed by atoms with Gasteiger partial charge in [0.25, 0.3) is 0 Å². The summed E-state index contributed by atoms with van der Waals surface area (Å²) in [6, 6.07) is 3.78. The monoisotopic (exact) mass is 290 g/mol. The van der Waals surface area contributed by atoms with Crippen LogP contribution in [0.1, 0.15) is 18.4 Å².